The van der Waals surface area contributed by atoms with Crippen LogP contribution in [0.3, 0.4) is 0 Å². The molecule has 0 spiro atoms. The maximum Gasteiger partial charge on any atom is 0.332 e. The van der Waals surface area contributed by atoms with Gasteiger partial charge in [0.05, 0.1) is 18.5 Å². The highest BCUT2D eigenvalue weighted by atomic mass is 16.5. The minimum absolute atomic E-state index is 0.149. The Morgan fingerprint density at radius 1 is 0.971 bits per heavy atom. The lowest BCUT2D eigenvalue weighted by molar-refractivity contribution is -0.125. The standard InChI is InChI=1S/C28H25N3O3/c1-17-10-4-8-14-22(17)31-26(32)28(2)25-24(19-12-5-7-13-21(19)29-25)20(16-30(28)27(31)33)18-11-6-9-15-23(18)34-3/h4-15,20,29H,16H2,1-3H3/t20-,28+/m1/s1. The van der Waals surface area contributed by atoms with Gasteiger partial charge >= 0.3 is 6.03 Å². The quantitative estimate of drug-likeness (QED) is 0.429. The summed E-state index contributed by atoms with van der Waals surface area (Å²) in [6, 6.07) is 23.2. The number of nitrogens with zero attached hydrogens (tertiary/aromatic N) is 2. The second kappa shape index (κ2) is 7.22. The van der Waals surface area contributed by atoms with Crippen LogP contribution in [-0.2, 0) is 10.3 Å². The highest BCUT2D eigenvalue weighted by Gasteiger charge is 2.61. The summed E-state index contributed by atoms with van der Waals surface area (Å²) in [6.45, 7) is 4.15. The van der Waals surface area contributed by atoms with Crippen LogP contribution in [0.2, 0.25) is 0 Å². The molecule has 0 saturated carbocycles. The van der Waals surface area contributed by atoms with Crippen molar-refractivity contribution in [3.8, 4) is 5.75 Å². The largest absolute Gasteiger partial charge is 0.496 e. The van der Waals surface area contributed by atoms with Crippen LogP contribution in [0.1, 0.15) is 35.2 Å². The molecule has 0 unspecified atom stereocenters. The molecule has 1 fully saturated rings. The van der Waals surface area contributed by atoms with E-state index in [1.54, 1.807) is 12.0 Å². The highest BCUT2D eigenvalue weighted by Crippen LogP contribution is 2.51. The van der Waals surface area contributed by atoms with Gasteiger partial charge in [-0.1, -0.05) is 54.6 Å². The van der Waals surface area contributed by atoms with Crippen molar-refractivity contribution in [1.82, 2.24) is 9.88 Å². The van der Waals surface area contributed by atoms with E-state index in [4.69, 9.17) is 4.74 Å². The normalized spacial score (nSPS) is 21.7. The van der Waals surface area contributed by atoms with Gasteiger partial charge in [0, 0.05) is 28.9 Å². The van der Waals surface area contributed by atoms with Crippen LogP contribution in [0.4, 0.5) is 10.5 Å². The molecule has 1 aromatic heterocycles. The highest BCUT2D eigenvalue weighted by molar-refractivity contribution is 6.24. The first-order chi connectivity index (χ1) is 16.5. The summed E-state index contributed by atoms with van der Waals surface area (Å²) < 4.78 is 5.70. The van der Waals surface area contributed by atoms with Gasteiger partial charge in [-0.25, -0.2) is 9.69 Å². The van der Waals surface area contributed by atoms with E-state index in [0.717, 1.165) is 39.0 Å². The fourth-order valence-corrected chi connectivity index (χ4v) is 5.65. The monoisotopic (exact) mass is 451 g/mol. The molecule has 2 aliphatic rings. The smallest absolute Gasteiger partial charge is 0.332 e. The number of rotatable bonds is 3. The topological polar surface area (TPSA) is 65.6 Å². The average molecular weight is 452 g/mol. The fourth-order valence-electron chi connectivity index (χ4n) is 5.65. The van der Waals surface area contributed by atoms with Crippen LogP contribution < -0.4 is 9.64 Å². The van der Waals surface area contributed by atoms with Crippen LogP contribution in [0.25, 0.3) is 10.9 Å². The number of para-hydroxylation sites is 3. The third kappa shape index (κ3) is 2.56. The SMILES string of the molecule is COc1ccccc1[C@H]1CN2C(=O)N(c3ccccc3C)C(=O)[C@]2(C)c2[nH]c3ccccc3c21. The van der Waals surface area contributed by atoms with Crippen molar-refractivity contribution in [1.29, 1.82) is 0 Å². The summed E-state index contributed by atoms with van der Waals surface area (Å²) in [5.74, 6) is 0.378. The molecular weight excluding hydrogens is 426 g/mol. The van der Waals surface area contributed by atoms with Crippen molar-refractivity contribution in [3.63, 3.8) is 0 Å². The molecule has 3 heterocycles. The molecule has 2 atom stereocenters. The zero-order valence-corrected chi connectivity index (χ0v) is 19.3. The number of benzene rings is 3. The van der Waals surface area contributed by atoms with Gasteiger partial charge in [-0.15, -0.1) is 0 Å². The summed E-state index contributed by atoms with van der Waals surface area (Å²) in [5.41, 5.74) is 4.13. The van der Waals surface area contributed by atoms with Gasteiger partial charge < -0.3 is 14.6 Å². The number of aryl methyl sites for hydroxylation is 1. The van der Waals surface area contributed by atoms with Crippen molar-refractivity contribution >= 4 is 28.5 Å². The maximum atomic E-state index is 14.0. The maximum absolute atomic E-state index is 14.0. The molecule has 1 N–H and O–H groups in total. The average Bonchev–Trinajstić information content (AvgIpc) is 3.34. The molecular formula is C28H25N3O3. The van der Waals surface area contributed by atoms with Crippen molar-refractivity contribution in [2.24, 2.45) is 0 Å². The van der Waals surface area contributed by atoms with Gasteiger partial charge in [-0.05, 0) is 43.2 Å². The molecule has 1 saturated heterocycles. The molecule has 6 rings (SSSR count). The third-order valence-corrected chi connectivity index (χ3v) is 7.40. The molecule has 6 heteroatoms. The van der Waals surface area contributed by atoms with E-state index in [1.807, 2.05) is 80.6 Å². The summed E-state index contributed by atoms with van der Waals surface area (Å²) in [5, 5.41) is 1.06. The molecule has 0 aliphatic carbocycles. The molecule has 2 aliphatic heterocycles. The van der Waals surface area contributed by atoms with Gasteiger partial charge in [0.1, 0.15) is 5.75 Å². The fraction of sp³-hybridized carbons (Fsp3) is 0.214. The molecule has 6 nitrogen and oxygen atoms in total. The predicted molar refractivity (Wildman–Crippen MR) is 131 cm³/mol. The number of aromatic amines is 1. The molecule has 34 heavy (non-hydrogen) atoms. The van der Waals surface area contributed by atoms with E-state index in [-0.39, 0.29) is 17.9 Å². The van der Waals surface area contributed by atoms with Gasteiger partial charge in [0.25, 0.3) is 5.91 Å². The lowest BCUT2D eigenvalue weighted by Crippen LogP contribution is -2.50. The second-order valence-corrected chi connectivity index (χ2v) is 9.15. The van der Waals surface area contributed by atoms with E-state index in [2.05, 4.69) is 11.1 Å². The minimum Gasteiger partial charge on any atom is -0.496 e. The first-order valence-corrected chi connectivity index (χ1v) is 11.4. The number of ether oxygens (including phenoxy) is 1. The summed E-state index contributed by atoms with van der Waals surface area (Å²) in [6.07, 6.45) is 0. The van der Waals surface area contributed by atoms with E-state index < -0.39 is 5.54 Å². The number of amides is 3. The lowest BCUT2D eigenvalue weighted by atomic mass is 9.78. The summed E-state index contributed by atoms with van der Waals surface area (Å²) in [7, 11) is 1.66. The molecule has 0 bridgehead atoms. The molecule has 0 radical (unpaired) electrons. The van der Waals surface area contributed by atoms with Gasteiger partial charge in [0.2, 0.25) is 0 Å². The number of anilines is 1. The number of nitrogens with one attached hydrogen (secondary N) is 1. The first-order valence-electron chi connectivity index (χ1n) is 11.4. The Kier molecular flexibility index (Phi) is 4.36. The first kappa shape index (κ1) is 20.5. The summed E-state index contributed by atoms with van der Waals surface area (Å²) in [4.78, 5) is 34.5. The lowest BCUT2D eigenvalue weighted by Gasteiger charge is -2.40. The Labute approximate surface area is 197 Å². The molecule has 3 aromatic carbocycles. The number of fused-ring (bicyclic) bond motifs is 5. The number of hydrogen-bond acceptors (Lipinski definition) is 3. The van der Waals surface area contributed by atoms with Crippen LogP contribution >= 0.6 is 0 Å². The van der Waals surface area contributed by atoms with Crippen LogP contribution in [0.15, 0.2) is 72.8 Å². The minimum atomic E-state index is -1.13. The van der Waals surface area contributed by atoms with Crippen molar-refractivity contribution < 1.29 is 14.3 Å². The van der Waals surface area contributed by atoms with E-state index in [1.165, 1.54) is 4.90 Å². The Morgan fingerprint density at radius 3 is 2.47 bits per heavy atom. The van der Waals surface area contributed by atoms with Gasteiger partial charge in [-0.2, -0.15) is 0 Å². The van der Waals surface area contributed by atoms with E-state index in [0.29, 0.717) is 12.2 Å². The van der Waals surface area contributed by atoms with Crippen LogP contribution in [-0.4, -0.2) is 35.5 Å². The number of imide groups is 1. The van der Waals surface area contributed by atoms with E-state index >= 15 is 0 Å². The Bertz CT molecular complexity index is 1470. The molecule has 170 valence electrons. The van der Waals surface area contributed by atoms with Gasteiger partial charge in [-0.3, -0.25) is 4.79 Å². The Hall–Kier alpha value is -4.06. The van der Waals surface area contributed by atoms with Crippen molar-refractivity contribution in [3.05, 3.63) is 95.2 Å². The number of methoxy groups -OCH3 is 1. The Balaban J connectivity index is 1.62. The van der Waals surface area contributed by atoms with Crippen molar-refractivity contribution in [2.75, 3.05) is 18.6 Å². The summed E-state index contributed by atoms with van der Waals surface area (Å²) >= 11 is 0. The zero-order valence-electron chi connectivity index (χ0n) is 19.3. The number of aromatic nitrogens is 1. The van der Waals surface area contributed by atoms with Gasteiger partial charge in [0.15, 0.2) is 5.54 Å². The predicted octanol–water partition coefficient (Wildman–Crippen LogP) is 5.31. The number of carbonyl (C=O) groups is 2. The number of H-pyrrole nitrogens is 1. The number of hydrogen-bond donors (Lipinski definition) is 1. The number of urea groups is 1. The second-order valence-electron chi connectivity index (χ2n) is 9.15. The van der Waals surface area contributed by atoms with Crippen LogP contribution in [0.5, 0.6) is 5.75 Å². The third-order valence-electron chi connectivity index (χ3n) is 7.40. The van der Waals surface area contributed by atoms with Crippen molar-refractivity contribution in [2.45, 2.75) is 25.3 Å². The molecule has 4 aromatic rings. The molecule has 3 amide bonds. The van der Waals surface area contributed by atoms with E-state index in [9.17, 15) is 9.59 Å². The van der Waals surface area contributed by atoms with Crippen LogP contribution in [0, 0.1) is 6.92 Å². The number of carbonyl (C=O) groups excluding carboxylic acids is 2. The Morgan fingerprint density at radius 2 is 1.68 bits per heavy atom. The zero-order chi connectivity index (χ0) is 23.6.